The minimum absolute atomic E-state index is 0.185. The van der Waals surface area contributed by atoms with Gasteiger partial charge in [-0.2, -0.15) is 0 Å². The number of carbonyl (C=O) groups excluding carboxylic acids is 1. The zero-order valence-electron chi connectivity index (χ0n) is 5.80. The van der Waals surface area contributed by atoms with Crippen LogP contribution in [0.2, 0.25) is 0 Å². The fraction of sp³-hybridized carbons (Fsp3) is 0.833. The van der Waals surface area contributed by atoms with Gasteiger partial charge < -0.3 is 14.9 Å². The number of nitrogens with zero attached hydrogens (tertiary/aromatic N) is 1. The van der Waals surface area contributed by atoms with Gasteiger partial charge in [-0.05, 0) is 0 Å². The summed E-state index contributed by atoms with van der Waals surface area (Å²) in [5.41, 5.74) is 0. The van der Waals surface area contributed by atoms with E-state index in [1.165, 1.54) is 4.90 Å². The van der Waals surface area contributed by atoms with Crippen LogP contribution >= 0.6 is 0 Å². The molecule has 2 saturated heterocycles. The molecule has 2 rings (SSSR count). The van der Waals surface area contributed by atoms with Crippen LogP contribution in [-0.2, 0) is 4.74 Å². The van der Waals surface area contributed by atoms with E-state index in [9.17, 15) is 9.90 Å². The second kappa shape index (κ2) is 2.09. The third kappa shape index (κ3) is 0.812. The molecule has 2 heterocycles. The van der Waals surface area contributed by atoms with Crippen molar-refractivity contribution in [2.75, 3.05) is 13.2 Å². The van der Waals surface area contributed by atoms with Crippen molar-refractivity contribution in [3.05, 3.63) is 0 Å². The Bertz CT molecular complexity index is 195. The number of carbonyl (C=O) groups is 1. The normalized spacial score (nSPS) is 42.5. The van der Waals surface area contributed by atoms with Gasteiger partial charge in [0.25, 0.3) is 0 Å². The molecule has 0 aliphatic carbocycles. The fourth-order valence-corrected chi connectivity index (χ4v) is 1.52. The molecule has 0 aromatic heterocycles. The molecule has 2 aliphatic heterocycles. The first-order valence-corrected chi connectivity index (χ1v) is 3.49. The van der Waals surface area contributed by atoms with Gasteiger partial charge in [-0.25, -0.2) is 4.79 Å². The number of aliphatic hydroxyl groups excluding tert-OH is 2. The summed E-state index contributed by atoms with van der Waals surface area (Å²) in [6, 6.07) is -0.336. The summed E-state index contributed by atoms with van der Waals surface area (Å²) in [7, 11) is 0. The average Bonchev–Trinajstić information content (AvgIpc) is 2.43. The van der Waals surface area contributed by atoms with Gasteiger partial charge in [0.15, 0.2) is 0 Å². The second-order valence-electron chi connectivity index (χ2n) is 2.85. The fourth-order valence-electron chi connectivity index (χ4n) is 1.52. The van der Waals surface area contributed by atoms with Gasteiger partial charge in [-0.15, -0.1) is 0 Å². The summed E-state index contributed by atoms with van der Waals surface area (Å²) >= 11 is 0. The van der Waals surface area contributed by atoms with Crippen LogP contribution in [0, 0.1) is 0 Å². The summed E-state index contributed by atoms with van der Waals surface area (Å²) in [6.07, 6.45) is -2.10. The number of amides is 1. The van der Waals surface area contributed by atoms with Gasteiger partial charge in [-0.3, -0.25) is 4.90 Å². The maximum absolute atomic E-state index is 10.8. The van der Waals surface area contributed by atoms with Crippen molar-refractivity contribution in [2.45, 2.75) is 18.2 Å². The van der Waals surface area contributed by atoms with E-state index >= 15 is 0 Å². The Morgan fingerprint density at radius 1 is 1.55 bits per heavy atom. The van der Waals surface area contributed by atoms with E-state index in [-0.39, 0.29) is 19.2 Å². The number of hydrogen-bond acceptors (Lipinski definition) is 4. The smallest absolute Gasteiger partial charge is 0.410 e. The molecule has 11 heavy (non-hydrogen) atoms. The van der Waals surface area contributed by atoms with Crippen molar-refractivity contribution in [1.82, 2.24) is 4.90 Å². The van der Waals surface area contributed by atoms with Crippen molar-refractivity contribution in [1.29, 1.82) is 0 Å². The highest BCUT2D eigenvalue weighted by Crippen LogP contribution is 2.24. The first kappa shape index (κ1) is 6.87. The SMILES string of the molecule is O=C1OC[C@@H]2[C@H](O)C(O)CN12. The zero-order valence-corrected chi connectivity index (χ0v) is 5.80. The van der Waals surface area contributed by atoms with E-state index in [1.807, 2.05) is 0 Å². The highest BCUT2D eigenvalue weighted by Gasteiger charge is 2.47. The Hall–Kier alpha value is -0.810. The van der Waals surface area contributed by atoms with Gasteiger partial charge in [0, 0.05) is 0 Å². The third-order valence-electron chi connectivity index (χ3n) is 2.18. The van der Waals surface area contributed by atoms with E-state index in [1.54, 1.807) is 0 Å². The van der Waals surface area contributed by atoms with Crippen LogP contribution in [0.1, 0.15) is 0 Å². The maximum atomic E-state index is 10.8. The summed E-state index contributed by atoms with van der Waals surface area (Å²) in [4.78, 5) is 12.2. The molecule has 62 valence electrons. The Morgan fingerprint density at radius 2 is 2.27 bits per heavy atom. The topological polar surface area (TPSA) is 70.0 Å². The van der Waals surface area contributed by atoms with Crippen molar-refractivity contribution in [3.63, 3.8) is 0 Å². The monoisotopic (exact) mass is 159 g/mol. The molecule has 5 nitrogen and oxygen atoms in total. The molecule has 1 amide bonds. The van der Waals surface area contributed by atoms with Crippen LogP contribution < -0.4 is 0 Å². The number of hydrogen-bond donors (Lipinski definition) is 2. The maximum Gasteiger partial charge on any atom is 0.410 e. The van der Waals surface area contributed by atoms with E-state index in [4.69, 9.17) is 5.11 Å². The summed E-state index contributed by atoms with van der Waals surface area (Å²) in [5.74, 6) is 0. The predicted molar refractivity (Wildman–Crippen MR) is 33.9 cm³/mol. The minimum Gasteiger partial charge on any atom is -0.447 e. The molecule has 0 aromatic rings. The number of aliphatic hydroxyl groups is 2. The van der Waals surface area contributed by atoms with Gasteiger partial charge in [-0.1, -0.05) is 0 Å². The van der Waals surface area contributed by atoms with E-state index in [2.05, 4.69) is 4.74 Å². The largest absolute Gasteiger partial charge is 0.447 e. The van der Waals surface area contributed by atoms with Crippen LogP contribution in [0.25, 0.3) is 0 Å². The molecule has 0 radical (unpaired) electrons. The molecule has 0 aromatic carbocycles. The van der Waals surface area contributed by atoms with Crippen LogP contribution in [0.5, 0.6) is 0 Å². The predicted octanol–water partition coefficient (Wildman–Crippen LogP) is -1.46. The van der Waals surface area contributed by atoms with Crippen LogP contribution in [0.4, 0.5) is 4.79 Å². The van der Waals surface area contributed by atoms with Crippen LogP contribution in [-0.4, -0.2) is 52.6 Å². The molecule has 2 N–H and O–H groups in total. The minimum atomic E-state index is -0.846. The Balaban J connectivity index is 2.18. The number of fused-ring (bicyclic) bond motifs is 1. The van der Waals surface area contributed by atoms with Gasteiger partial charge >= 0.3 is 6.09 Å². The number of ether oxygens (including phenoxy) is 1. The molecule has 0 spiro atoms. The molecular weight excluding hydrogens is 150 g/mol. The van der Waals surface area contributed by atoms with Crippen LogP contribution in [0.15, 0.2) is 0 Å². The first-order chi connectivity index (χ1) is 5.20. The lowest BCUT2D eigenvalue weighted by molar-refractivity contribution is 0.0323. The van der Waals surface area contributed by atoms with Crippen molar-refractivity contribution in [2.24, 2.45) is 0 Å². The van der Waals surface area contributed by atoms with Crippen molar-refractivity contribution in [3.8, 4) is 0 Å². The second-order valence-corrected chi connectivity index (χ2v) is 2.85. The third-order valence-corrected chi connectivity index (χ3v) is 2.18. The molecule has 0 saturated carbocycles. The van der Waals surface area contributed by atoms with Gasteiger partial charge in [0.05, 0.1) is 18.7 Å². The average molecular weight is 159 g/mol. The van der Waals surface area contributed by atoms with Crippen molar-refractivity contribution < 1.29 is 19.7 Å². The quantitative estimate of drug-likeness (QED) is 0.453. The molecule has 1 unspecified atom stereocenters. The summed E-state index contributed by atoms with van der Waals surface area (Å²) in [5, 5.41) is 18.4. The van der Waals surface area contributed by atoms with Gasteiger partial charge in [0.1, 0.15) is 12.7 Å². The molecular formula is C6H9NO4. The Morgan fingerprint density at radius 3 is 2.91 bits per heavy atom. The summed E-state index contributed by atoms with van der Waals surface area (Å²) < 4.78 is 4.65. The van der Waals surface area contributed by atoms with E-state index in [0.717, 1.165) is 0 Å². The lowest BCUT2D eigenvalue weighted by Crippen LogP contribution is -2.33. The molecule has 3 atom stereocenters. The molecule has 2 aliphatic rings. The Kier molecular flexibility index (Phi) is 1.30. The standard InChI is InChI=1S/C6H9NO4/c8-4-1-7-3(5(4)9)2-11-6(7)10/h3-5,8-9H,1-2H2/t3-,4?,5+/m1/s1. The Labute approximate surface area is 63.2 Å². The van der Waals surface area contributed by atoms with Crippen molar-refractivity contribution >= 4 is 6.09 Å². The zero-order chi connectivity index (χ0) is 8.01. The number of cyclic esters (lactones) is 1. The highest BCUT2D eigenvalue weighted by atomic mass is 16.6. The highest BCUT2D eigenvalue weighted by molar-refractivity contribution is 5.70. The van der Waals surface area contributed by atoms with Gasteiger partial charge in [0.2, 0.25) is 0 Å². The molecule has 0 bridgehead atoms. The van der Waals surface area contributed by atoms with Crippen LogP contribution in [0.3, 0.4) is 0 Å². The first-order valence-electron chi connectivity index (χ1n) is 3.49. The molecule has 5 heteroatoms. The number of rotatable bonds is 0. The van der Waals surface area contributed by atoms with E-state index in [0.29, 0.717) is 0 Å². The molecule has 2 fully saturated rings. The van der Waals surface area contributed by atoms with E-state index < -0.39 is 18.3 Å². The lowest BCUT2D eigenvalue weighted by atomic mass is 10.1. The lowest BCUT2D eigenvalue weighted by Gasteiger charge is -2.11. The summed E-state index contributed by atoms with van der Waals surface area (Å²) in [6.45, 7) is 0.377.